The zero-order chi connectivity index (χ0) is 19.2. The van der Waals surface area contributed by atoms with Crippen molar-refractivity contribution in [2.75, 3.05) is 13.1 Å². The van der Waals surface area contributed by atoms with Crippen LogP contribution in [0.1, 0.15) is 25.3 Å². The molecule has 0 unspecified atom stereocenters. The van der Waals surface area contributed by atoms with Crippen LogP contribution in [0, 0.1) is 0 Å². The van der Waals surface area contributed by atoms with Crippen LogP contribution in [-0.4, -0.2) is 58.7 Å². The summed E-state index contributed by atoms with van der Waals surface area (Å²) in [6, 6.07) is 9.20. The van der Waals surface area contributed by atoms with Gasteiger partial charge in [-0.05, 0) is 37.8 Å². The van der Waals surface area contributed by atoms with Gasteiger partial charge >= 0.3 is 13.2 Å². The Bertz CT molecular complexity index is 640. The van der Waals surface area contributed by atoms with E-state index in [4.69, 9.17) is 4.74 Å². The first-order valence-electron chi connectivity index (χ1n) is 8.64. The summed E-state index contributed by atoms with van der Waals surface area (Å²) in [4.78, 5) is 25.7. The molecule has 1 aliphatic heterocycles. The van der Waals surface area contributed by atoms with E-state index in [1.54, 1.807) is 11.8 Å². The summed E-state index contributed by atoms with van der Waals surface area (Å²) in [7, 11) is -1.72. The maximum Gasteiger partial charge on any atom is 0.475 e. The second-order valence-corrected chi connectivity index (χ2v) is 6.76. The van der Waals surface area contributed by atoms with Gasteiger partial charge in [-0.25, -0.2) is 4.79 Å². The van der Waals surface area contributed by atoms with Crippen LogP contribution >= 0.6 is 0 Å². The molecule has 8 heteroatoms. The van der Waals surface area contributed by atoms with Crippen molar-refractivity contribution in [1.82, 2.24) is 10.2 Å². The van der Waals surface area contributed by atoms with Crippen LogP contribution in [0.15, 0.2) is 43.0 Å². The number of piperidine rings is 1. The summed E-state index contributed by atoms with van der Waals surface area (Å²) >= 11 is 0. The van der Waals surface area contributed by atoms with E-state index in [-0.39, 0.29) is 18.9 Å². The Morgan fingerprint density at radius 1 is 1.42 bits per heavy atom. The number of hydrogen-bond donors (Lipinski definition) is 3. The van der Waals surface area contributed by atoms with Gasteiger partial charge in [-0.2, -0.15) is 0 Å². The average molecular weight is 360 g/mol. The van der Waals surface area contributed by atoms with Gasteiger partial charge in [-0.1, -0.05) is 36.9 Å². The highest BCUT2D eigenvalue weighted by atomic mass is 16.6. The third-order valence-electron chi connectivity index (χ3n) is 4.45. The number of ether oxygens (including phenoxy) is 1. The summed E-state index contributed by atoms with van der Waals surface area (Å²) in [5.41, 5.74) is 0.0242. The molecule has 0 aromatic heterocycles. The van der Waals surface area contributed by atoms with E-state index in [0.29, 0.717) is 19.4 Å². The zero-order valence-corrected chi connectivity index (χ0v) is 14.9. The van der Waals surface area contributed by atoms with E-state index in [2.05, 4.69) is 11.9 Å². The van der Waals surface area contributed by atoms with Crippen molar-refractivity contribution in [1.29, 1.82) is 0 Å². The molecule has 2 rings (SSSR count). The van der Waals surface area contributed by atoms with Crippen LogP contribution in [0.3, 0.4) is 0 Å². The fraction of sp³-hybridized carbons (Fsp3) is 0.444. The third-order valence-corrected chi connectivity index (χ3v) is 4.45. The maximum absolute atomic E-state index is 12.3. The van der Waals surface area contributed by atoms with Gasteiger partial charge in [0, 0.05) is 6.54 Å². The van der Waals surface area contributed by atoms with Gasteiger partial charge in [0.05, 0.1) is 12.5 Å². The van der Waals surface area contributed by atoms with Crippen LogP contribution in [0.25, 0.3) is 0 Å². The van der Waals surface area contributed by atoms with E-state index in [9.17, 15) is 19.6 Å². The lowest BCUT2D eigenvalue weighted by molar-refractivity contribution is -0.132. The number of nitrogens with zero attached hydrogens (tertiary/aromatic N) is 1. The molecule has 1 saturated heterocycles. The minimum absolute atomic E-state index is 0.201. The molecular weight excluding hydrogens is 335 g/mol. The fourth-order valence-corrected chi connectivity index (χ4v) is 3.11. The first-order chi connectivity index (χ1) is 12.3. The lowest BCUT2D eigenvalue weighted by atomic mass is 9.76. The highest BCUT2D eigenvalue weighted by molar-refractivity contribution is 6.43. The number of alkyl carbamates (subject to hydrolysis) is 1. The van der Waals surface area contributed by atoms with Gasteiger partial charge in [0.2, 0.25) is 5.91 Å². The van der Waals surface area contributed by atoms with Crippen molar-refractivity contribution >= 4 is 19.1 Å². The Labute approximate surface area is 153 Å². The molecule has 1 aromatic rings. The van der Waals surface area contributed by atoms with Crippen molar-refractivity contribution in [2.24, 2.45) is 0 Å². The van der Waals surface area contributed by atoms with Crippen molar-refractivity contribution in [3.8, 4) is 0 Å². The second-order valence-electron chi connectivity index (χ2n) is 6.76. The zero-order valence-electron chi connectivity index (χ0n) is 14.9. The minimum Gasteiger partial charge on any atom is -0.441 e. The van der Waals surface area contributed by atoms with Crippen LogP contribution < -0.4 is 5.32 Å². The Kier molecular flexibility index (Phi) is 6.82. The summed E-state index contributed by atoms with van der Waals surface area (Å²) in [6.07, 6.45) is 2.08. The molecule has 0 saturated carbocycles. The molecule has 7 nitrogen and oxygen atoms in total. The Hall–Kier alpha value is -2.32. The second kappa shape index (κ2) is 8.87. The Balaban J connectivity index is 1.96. The van der Waals surface area contributed by atoms with Crippen molar-refractivity contribution < 1.29 is 24.4 Å². The molecule has 2 atom stereocenters. The number of benzene rings is 1. The van der Waals surface area contributed by atoms with Crippen LogP contribution in [-0.2, 0) is 16.0 Å². The smallest absolute Gasteiger partial charge is 0.441 e. The summed E-state index contributed by atoms with van der Waals surface area (Å²) < 4.78 is 5.52. The van der Waals surface area contributed by atoms with Gasteiger partial charge in [0.25, 0.3) is 0 Å². The molecular formula is C18H25BN2O5. The van der Waals surface area contributed by atoms with Crippen molar-refractivity contribution in [2.45, 2.75) is 37.7 Å². The molecule has 0 radical (unpaired) electrons. The predicted molar refractivity (Wildman–Crippen MR) is 98.2 cm³/mol. The number of carbonyl (C=O) groups excluding carboxylic acids is 2. The predicted octanol–water partition coefficient (Wildman–Crippen LogP) is 0.903. The van der Waals surface area contributed by atoms with E-state index < -0.39 is 24.8 Å². The summed E-state index contributed by atoms with van der Waals surface area (Å²) in [5.74, 6) is -1.10. The molecule has 0 aliphatic carbocycles. The van der Waals surface area contributed by atoms with Crippen LogP contribution in [0.4, 0.5) is 4.79 Å². The highest BCUT2D eigenvalue weighted by Gasteiger charge is 2.37. The van der Waals surface area contributed by atoms with Gasteiger partial charge < -0.3 is 25.0 Å². The molecule has 0 spiro atoms. The van der Waals surface area contributed by atoms with Crippen LogP contribution in [0.2, 0.25) is 0 Å². The number of carbonyl (C=O) groups is 2. The van der Waals surface area contributed by atoms with Gasteiger partial charge in [0.1, 0.15) is 5.60 Å². The first kappa shape index (κ1) is 20.0. The van der Waals surface area contributed by atoms with Crippen molar-refractivity contribution in [3.05, 3.63) is 48.6 Å². The standard InChI is InChI=1S/C18H25BN2O5/c1-3-16(22)21-11-7-10-18(2,13-21)26-17(23)20-15(19(24)25)12-14-8-5-4-6-9-14/h3-6,8-9,15,24-25H,1,7,10-13H2,2H3,(H,20,23)/t15-,18+/m0/s1. The normalized spacial score (nSPS) is 20.8. The SMILES string of the molecule is C=CC(=O)N1CCC[C@@](C)(OC(=O)N[C@@H](Cc2ccccc2)B(O)O)C1. The van der Waals surface area contributed by atoms with Gasteiger partial charge in [-0.3, -0.25) is 4.79 Å². The first-order valence-corrected chi connectivity index (χ1v) is 8.64. The molecule has 2 amide bonds. The third kappa shape index (κ3) is 5.61. The average Bonchev–Trinajstić information content (AvgIpc) is 2.60. The molecule has 1 aromatic carbocycles. The van der Waals surface area contributed by atoms with Crippen molar-refractivity contribution in [3.63, 3.8) is 0 Å². The van der Waals surface area contributed by atoms with E-state index in [1.165, 1.54) is 6.08 Å². The molecule has 1 aliphatic rings. The minimum atomic E-state index is -1.72. The summed E-state index contributed by atoms with van der Waals surface area (Å²) in [5, 5.41) is 21.6. The molecule has 0 bridgehead atoms. The molecule has 1 fully saturated rings. The molecule has 140 valence electrons. The van der Waals surface area contributed by atoms with E-state index >= 15 is 0 Å². The number of likely N-dealkylation sites (tertiary alicyclic amines) is 1. The fourth-order valence-electron chi connectivity index (χ4n) is 3.11. The molecule has 26 heavy (non-hydrogen) atoms. The lowest BCUT2D eigenvalue weighted by Crippen LogP contribution is -2.54. The number of nitrogens with one attached hydrogen (secondary N) is 1. The van der Waals surface area contributed by atoms with Crippen LogP contribution in [0.5, 0.6) is 0 Å². The number of rotatable bonds is 6. The molecule has 1 heterocycles. The maximum atomic E-state index is 12.3. The summed E-state index contributed by atoms with van der Waals surface area (Å²) in [6.45, 7) is 6.11. The Morgan fingerprint density at radius 2 is 2.12 bits per heavy atom. The largest absolute Gasteiger partial charge is 0.475 e. The molecule has 3 N–H and O–H groups in total. The lowest BCUT2D eigenvalue weighted by Gasteiger charge is -2.39. The number of hydrogen-bond acceptors (Lipinski definition) is 5. The van der Waals surface area contributed by atoms with E-state index in [0.717, 1.165) is 5.56 Å². The quantitative estimate of drug-likeness (QED) is 0.517. The monoisotopic (exact) mass is 360 g/mol. The Morgan fingerprint density at radius 3 is 2.73 bits per heavy atom. The topological polar surface area (TPSA) is 99.1 Å². The highest BCUT2D eigenvalue weighted by Crippen LogP contribution is 2.25. The van der Waals surface area contributed by atoms with Gasteiger partial charge in [-0.15, -0.1) is 0 Å². The van der Waals surface area contributed by atoms with E-state index in [1.807, 2.05) is 30.3 Å². The number of amides is 2. The van der Waals surface area contributed by atoms with Gasteiger partial charge in [0.15, 0.2) is 0 Å².